The zero-order chi connectivity index (χ0) is 21.3. The molecule has 0 saturated heterocycles. The van der Waals surface area contributed by atoms with Gasteiger partial charge in [0.25, 0.3) is 11.5 Å². The minimum atomic E-state index is -0.242. The van der Waals surface area contributed by atoms with Crippen molar-refractivity contribution in [3.63, 3.8) is 0 Å². The van der Waals surface area contributed by atoms with Crippen molar-refractivity contribution in [1.82, 2.24) is 9.55 Å². The zero-order valence-corrected chi connectivity index (χ0v) is 17.0. The van der Waals surface area contributed by atoms with E-state index in [4.69, 9.17) is 4.74 Å². The van der Waals surface area contributed by atoms with Crippen molar-refractivity contribution in [2.75, 3.05) is 12.4 Å². The van der Waals surface area contributed by atoms with Crippen LogP contribution in [0.3, 0.4) is 0 Å². The monoisotopic (exact) mass is 399 g/mol. The van der Waals surface area contributed by atoms with Crippen LogP contribution in [0.5, 0.6) is 5.75 Å². The summed E-state index contributed by atoms with van der Waals surface area (Å²) < 4.78 is 6.71. The Kier molecular flexibility index (Phi) is 5.06. The number of ether oxygens (including phenoxy) is 1. The summed E-state index contributed by atoms with van der Waals surface area (Å²) in [5.41, 5.74) is 3.22. The number of carbonyl (C=O) groups is 1. The molecule has 150 valence electrons. The number of nitrogens with zero attached hydrogens (tertiary/aromatic N) is 2. The maximum absolute atomic E-state index is 13.1. The van der Waals surface area contributed by atoms with Crippen molar-refractivity contribution in [2.45, 2.75) is 13.8 Å². The van der Waals surface area contributed by atoms with E-state index < -0.39 is 0 Å². The van der Waals surface area contributed by atoms with Crippen molar-refractivity contribution < 1.29 is 9.53 Å². The molecule has 4 aromatic rings. The number of rotatable bonds is 4. The normalized spacial score (nSPS) is 10.8. The highest BCUT2D eigenvalue weighted by Crippen LogP contribution is 2.21. The molecule has 0 saturated carbocycles. The Labute approximate surface area is 173 Å². The summed E-state index contributed by atoms with van der Waals surface area (Å²) in [5, 5.41) is 3.44. The number of aromatic nitrogens is 2. The number of para-hydroxylation sites is 1. The van der Waals surface area contributed by atoms with Crippen LogP contribution in [0.4, 0.5) is 5.69 Å². The molecule has 3 aromatic carbocycles. The molecule has 0 aliphatic rings. The second-order valence-corrected chi connectivity index (χ2v) is 7.00. The molecule has 6 nitrogen and oxygen atoms in total. The summed E-state index contributed by atoms with van der Waals surface area (Å²) >= 11 is 0. The molecule has 0 fully saturated rings. The first-order chi connectivity index (χ1) is 14.5. The third-order valence-electron chi connectivity index (χ3n) is 5.00. The van der Waals surface area contributed by atoms with Crippen LogP contribution in [0.25, 0.3) is 16.6 Å². The molecule has 30 heavy (non-hydrogen) atoms. The van der Waals surface area contributed by atoms with E-state index in [1.165, 1.54) is 0 Å². The van der Waals surface area contributed by atoms with Crippen LogP contribution in [-0.2, 0) is 0 Å². The highest BCUT2D eigenvalue weighted by atomic mass is 16.5. The van der Waals surface area contributed by atoms with E-state index in [1.807, 2.05) is 37.3 Å². The minimum absolute atomic E-state index is 0.139. The fraction of sp³-hybridized carbons (Fsp3) is 0.125. The Balaban J connectivity index is 1.73. The fourth-order valence-corrected chi connectivity index (χ4v) is 3.40. The molecule has 1 heterocycles. The Bertz CT molecular complexity index is 1310. The van der Waals surface area contributed by atoms with Gasteiger partial charge in [-0.05, 0) is 67.9 Å². The Morgan fingerprint density at radius 3 is 2.47 bits per heavy atom. The van der Waals surface area contributed by atoms with Crippen molar-refractivity contribution in [3.8, 4) is 11.4 Å². The third-order valence-corrected chi connectivity index (χ3v) is 5.00. The number of aryl methyl sites for hydroxylation is 2. The molecule has 0 aliphatic carbocycles. The van der Waals surface area contributed by atoms with Crippen molar-refractivity contribution >= 4 is 22.5 Å². The van der Waals surface area contributed by atoms with Crippen LogP contribution < -0.4 is 15.6 Å². The Morgan fingerprint density at radius 2 is 1.73 bits per heavy atom. The standard InChI is InChI=1S/C24H21N3O3/c1-15-8-11-18(26-23(28)17-9-12-19(30-3)13-10-17)14-22(15)27-16(2)25-21-7-5-4-6-20(21)24(27)29/h4-14H,1-3H3,(H,26,28). The second-order valence-electron chi connectivity index (χ2n) is 7.00. The molecule has 0 unspecified atom stereocenters. The summed E-state index contributed by atoms with van der Waals surface area (Å²) in [6.07, 6.45) is 0. The molecule has 1 N–H and O–H groups in total. The van der Waals surface area contributed by atoms with Crippen LogP contribution in [0.2, 0.25) is 0 Å². The highest BCUT2D eigenvalue weighted by molar-refractivity contribution is 6.04. The number of hydrogen-bond donors (Lipinski definition) is 1. The highest BCUT2D eigenvalue weighted by Gasteiger charge is 2.13. The number of nitrogens with one attached hydrogen (secondary N) is 1. The fourth-order valence-electron chi connectivity index (χ4n) is 3.40. The molecule has 0 atom stereocenters. The lowest BCUT2D eigenvalue weighted by atomic mass is 10.1. The van der Waals surface area contributed by atoms with E-state index in [-0.39, 0.29) is 11.5 Å². The number of anilines is 1. The van der Waals surface area contributed by atoms with Gasteiger partial charge in [-0.2, -0.15) is 0 Å². The lowest BCUT2D eigenvalue weighted by Gasteiger charge is -2.15. The van der Waals surface area contributed by atoms with Crippen LogP contribution in [0, 0.1) is 13.8 Å². The van der Waals surface area contributed by atoms with E-state index in [2.05, 4.69) is 10.3 Å². The van der Waals surface area contributed by atoms with E-state index in [0.29, 0.717) is 39.4 Å². The first-order valence-electron chi connectivity index (χ1n) is 9.53. The maximum atomic E-state index is 13.1. The van der Waals surface area contributed by atoms with Gasteiger partial charge in [0, 0.05) is 11.3 Å². The molecule has 0 bridgehead atoms. The minimum Gasteiger partial charge on any atom is -0.497 e. The Morgan fingerprint density at radius 1 is 1.00 bits per heavy atom. The van der Waals surface area contributed by atoms with E-state index in [0.717, 1.165) is 5.56 Å². The lowest BCUT2D eigenvalue weighted by molar-refractivity contribution is 0.102. The number of amides is 1. The number of methoxy groups -OCH3 is 1. The summed E-state index contributed by atoms with van der Waals surface area (Å²) in [6, 6.07) is 19.6. The molecule has 0 spiro atoms. The van der Waals surface area contributed by atoms with Gasteiger partial charge in [-0.1, -0.05) is 18.2 Å². The van der Waals surface area contributed by atoms with E-state index >= 15 is 0 Å². The van der Waals surface area contributed by atoms with Gasteiger partial charge < -0.3 is 10.1 Å². The van der Waals surface area contributed by atoms with Crippen LogP contribution in [-0.4, -0.2) is 22.6 Å². The maximum Gasteiger partial charge on any atom is 0.265 e. The topological polar surface area (TPSA) is 73.2 Å². The van der Waals surface area contributed by atoms with Crippen LogP contribution in [0.15, 0.2) is 71.5 Å². The van der Waals surface area contributed by atoms with E-state index in [9.17, 15) is 9.59 Å². The average Bonchev–Trinajstić information content (AvgIpc) is 2.76. The molecule has 4 rings (SSSR count). The largest absolute Gasteiger partial charge is 0.497 e. The summed E-state index contributed by atoms with van der Waals surface area (Å²) in [4.78, 5) is 30.3. The number of carbonyl (C=O) groups excluding carboxylic acids is 1. The van der Waals surface area contributed by atoms with Crippen molar-refractivity contribution in [2.24, 2.45) is 0 Å². The van der Waals surface area contributed by atoms with E-state index in [1.54, 1.807) is 55.0 Å². The SMILES string of the molecule is COc1ccc(C(=O)Nc2ccc(C)c(-n3c(C)nc4ccccc4c3=O)c2)cc1. The first-order valence-corrected chi connectivity index (χ1v) is 9.53. The number of fused-ring (bicyclic) bond motifs is 1. The van der Waals surface area contributed by atoms with Gasteiger partial charge in [0.2, 0.25) is 0 Å². The van der Waals surface area contributed by atoms with Gasteiger partial charge in [0.05, 0.1) is 23.7 Å². The average molecular weight is 399 g/mol. The lowest BCUT2D eigenvalue weighted by Crippen LogP contribution is -2.23. The number of benzene rings is 3. The Hall–Kier alpha value is -3.93. The van der Waals surface area contributed by atoms with Gasteiger partial charge in [0.15, 0.2) is 0 Å². The quantitative estimate of drug-likeness (QED) is 0.556. The second kappa shape index (κ2) is 7.83. The van der Waals surface area contributed by atoms with Gasteiger partial charge in [0.1, 0.15) is 11.6 Å². The van der Waals surface area contributed by atoms with Gasteiger partial charge in [-0.3, -0.25) is 14.2 Å². The summed E-state index contributed by atoms with van der Waals surface area (Å²) in [7, 11) is 1.58. The molecule has 0 aliphatic heterocycles. The van der Waals surface area contributed by atoms with Crippen molar-refractivity contribution in [3.05, 3.63) is 94.0 Å². The van der Waals surface area contributed by atoms with Gasteiger partial charge in [-0.25, -0.2) is 4.98 Å². The molecule has 6 heteroatoms. The first kappa shape index (κ1) is 19.4. The van der Waals surface area contributed by atoms with Gasteiger partial charge in [-0.15, -0.1) is 0 Å². The molecule has 1 amide bonds. The summed E-state index contributed by atoms with van der Waals surface area (Å²) in [6.45, 7) is 3.72. The molecule has 1 aromatic heterocycles. The smallest absolute Gasteiger partial charge is 0.265 e. The third kappa shape index (κ3) is 3.55. The molecular weight excluding hydrogens is 378 g/mol. The van der Waals surface area contributed by atoms with Crippen LogP contribution in [0.1, 0.15) is 21.7 Å². The molecular formula is C24H21N3O3. The predicted octanol–water partition coefficient (Wildman–Crippen LogP) is 4.26. The summed E-state index contributed by atoms with van der Waals surface area (Å²) in [5.74, 6) is 1.02. The zero-order valence-electron chi connectivity index (χ0n) is 17.0. The van der Waals surface area contributed by atoms with Crippen LogP contribution >= 0.6 is 0 Å². The van der Waals surface area contributed by atoms with Crippen molar-refractivity contribution in [1.29, 1.82) is 0 Å². The van der Waals surface area contributed by atoms with Gasteiger partial charge >= 0.3 is 0 Å². The predicted molar refractivity (Wildman–Crippen MR) is 118 cm³/mol. The molecule has 0 radical (unpaired) electrons. The number of hydrogen-bond acceptors (Lipinski definition) is 4.